The molecule has 0 aliphatic rings. The van der Waals surface area contributed by atoms with Gasteiger partial charge in [-0.2, -0.15) is 0 Å². The molecule has 0 aromatic carbocycles. The van der Waals surface area contributed by atoms with Crippen molar-refractivity contribution in [1.29, 1.82) is 0 Å². The number of anilines is 1. The Labute approximate surface area is 122 Å². The van der Waals surface area contributed by atoms with Gasteiger partial charge >= 0.3 is 0 Å². The maximum Gasteiger partial charge on any atom is 0.210 e. The first-order valence-electron chi connectivity index (χ1n) is 6.12. The molecule has 0 amide bonds. The quantitative estimate of drug-likeness (QED) is 0.860. The van der Waals surface area contributed by atoms with E-state index in [0.29, 0.717) is 0 Å². The van der Waals surface area contributed by atoms with Crippen molar-refractivity contribution >= 4 is 28.2 Å². The maximum absolute atomic E-state index is 5.76. The van der Waals surface area contributed by atoms with Crippen molar-refractivity contribution in [2.24, 2.45) is 0 Å². The van der Waals surface area contributed by atoms with Crippen LogP contribution in [-0.4, -0.2) is 17.0 Å². The van der Waals surface area contributed by atoms with Crippen LogP contribution in [0.1, 0.15) is 36.9 Å². The summed E-state index contributed by atoms with van der Waals surface area (Å²) in [7, 11) is 1.89. The number of thioether (sulfide) groups is 1. The molecule has 2 aromatic heterocycles. The lowest BCUT2D eigenvalue weighted by Gasteiger charge is -2.19. The van der Waals surface area contributed by atoms with Gasteiger partial charge in [-0.15, -0.1) is 0 Å². The van der Waals surface area contributed by atoms with E-state index in [1.807, 2.05) is 27.8 Å². The van der Waals surface area contributed by atoms with Crippen LogP contribution >= 0.6 is 23.1 Å². The van der Waals surface area contributed by atoms with E-state index >= 15 is 0 Å². The fraction of sp³-hybridized carbons (Fsp3) is 0.538. The molecular weight excluding hydrogens is 278 g/mol. The Kier molecular flexibility index (Phi) is 3.92. The van der Waals surface area contributed by atoms with E-state index in [4.69, 9.17) is 4.42 Å². The predicted molar refractivity (Wildman–Crippen MR) is 81.3 cm³/mol. The molecule has 0 saturated heterocycles. The average Bonchev–Trinajstić information content (AvgIpc) is 2.84. The minimum Gasteiger partial charge on any atom is -0.444 e. The molecule has 4 nitrogen and oxygen atoms in total. The SMILES string of the molecule is CNc1nc(C)c(SC(C)(C)c2nc(C)c(C)o2)s1. The number of hydrogen-bond acceptors (Lipinski definition) is 6. The molecule has 6 heteroatoms. The normalized spacial score (nSPS) is 11.9. The summed E-state index contributed by atoms with van der Waals surface area (Å²) in [6.07, 6.45) is 0. The van der Waals surface area contributed by atoms with Crippen LogP contribution in [0.2, 0.25) is 0 Å². The second kappa shape index (κ2) is 5.17. The third-order valence-electron chi connectivity index (χ3n) is 2.86. The molecule has 0 fully saturated rings. The molecular formula is C13H19N3OS2. The van der Waals surface area contributed by atoms with E-state index in [9.17, 15) is 0 Å². The van der Waals surface area contributed by atoms with Crippen molar-refractivity contribution in [1.82, 2.24) is 9.97 Å². The van der Waals surface area contributed by atoms with Crippen molar-refractivity contribution < 1.29 is 4.42 Å². The minimum absolute atomic E-state index is 0.207. The number of aryl methyl sites for hydroxylation is 3. The number of aromatic nitrogens is 2. The molecule has 19 heavy (non-hydrogen) atoms. The van der Waals surface area contributed by atoms with E-state index in [2.05, 4.69) is 29.1 Å². The highest BCUT2D eigenvalue weighted by atomic mass is 32.2. The lowest BCUT2D eigenvalue weighted by Crippen LogP contribution is -2.12. The van der Waals surface area contributed by atoms with Gasteiger partial charge in [0.25, 0.3) is 0 Å². The monoisotopic (exact) mass is 297 g/mol. The Morgan fingerprint density at radius 2 is 1.84 bits per heavy atom. The predicted octanol–water partition coefficient (Wildman–Crippen LogP) is 4.13. The summed E-state index contributed by atoms with van der Waals surface area (Å²) in [5.41, 5.74) is 2.01. The molecule has 0 aliphatic heterocycles. The summed E-state index contributed by atoms with van der Waals surface area (Å²) in [6.45, 7) is 10.2. The molecule has 0 bridgehead atoms. The first kappa shape index (κ1) is 14.4. The number of nitrogens with one attached hydrogen (secondary N) is 1. The smallest absolute Gasteiger partial charge is 0.210 e. The minimum atomic E-state index is -0.207. The fourth-order valence-electron chi connectivity index (χ4n) is 1.59. The van der Waals surface area contributed by atoms with E-state index in [1.54, 1.807) is 23.1 Å². The molecule has 104 valence electrons. The Morgan fingerprint density at radius 3 is 2.32 bits per heavy atom. The molecule has 2 heterocycles. The second-order valence-corrected chi connectivity index (χ2v) is 7.81. The summed E-state index contributed by atoms with van der Waals surface area (Å²) in [5.74, 6) is 1.66. The number of thiazole rings is 1. The Hall–Kier alpha value is -1.01. The van der Waals surface area contributed by atoms with Crippen LogP contribution in [0.5, 0.6) is 0 Å². The topological polar surface area (TPSA) is 51.0 Å². The van der Waals surface area contributed by atoms with Crippen LogP contribution in [0, 0.1) is 20.8 Å². The second-order valence-electron chi connectivity index (χ2n) is 4.91. The Morgan fingerprint density at radius 1 is 1.16 bits per heavy atom. The van der Waals surface area contributed by atoms with Gasteiger partial charge in [0.15, 0.2) is 5.13 Å². The van der Waals surface area contributed by atoms with Gasteiger partial charge in [-0.3, -0.25) is 0 Å². The van der Waals surface area contributed by atoms with Crippen LogP contribution in [-0.2, 0) is 4.75 Å². The van der Waals surface area contributed by atoms with E-state index in [1.165, 1.54) is 4.21 Å². The Balaban J connectivity index is 2.27. The molecule has 1 N–H and O–H groups in total. The van der Waals surface area contributed by atoms with E-state index in [0.717, 1.165) is 28.2 Å². The zero-order valence-electron chi connectivity index (χ0n) is 12.1. The highest BCUT2D eigenvalue weighted by Crippen LogP contribution is 2.45. The van der Waals surface area contributed by atoms with Crippen molar-refractivity contribution in [2.75, 3.05) is 12.4 Å². The van der Waals surface area contributed by atoms with Gasteiger partial charge < -0.3 is 9.73 Å². The maximum atomic E-state index is 5.76. The Bertz CT molecular complexity index is 567. The number of hydrogen-bond donors (Lipinski definition) is 1. The van der Waals surface area contributed by atoms with Gasteiger partial charge in [-0.05, 0) is 34.6 Å². The van der Waals surface area contributed by atoms with Crippen molar-refractivity contribution in [3.63, 3.8) is 0 Å². The first-order valence-corrected chi connectivity index (χ1v) is 7.75. The summed E-state index contributed by atoms with van der Waals surface area (Å²) in [5, 5.41) is 4.02. The average molecular weight is 297 g/mol. The van der Waals surface area contributed by atoms with Gasteiger partial charge in [-0.1, -0.05) is 23.1 Å². The van der Waals surface area contributed by atoms with Gasteiger partial charge in [0.2, 0.25) is 5.89 Å². The summed E-state index contributed by atoms with van der Waals surface area (Å²) < 4.78 is 6.75. The number of rotatable bonds is 4. The highest BCUT2D eigenvalue weighted by Gasteiger charge is 2.30. The molecule has 2 aromatic rings. The third-order valence-corrected chi connectivity index (χ3v) is 5.49. The first-order chi connectivity index (χ1) is 8.83. The van der Waals surface area contributed by atoms with Crippen LogP contribution in [0.3, 0.4) is 0 Å². The largest absolute Gasteiger partial charge is 0.444 e. The van der Waals surface area contributed by atoms with Crippen molar-refractivity contribution in [2.45, 2.75) is 43.6 Å². The van der Waals surface area contributed by atoms with Gasteiger partial charge in [-0.25, -0.2) is 9.97 Å². The molecule has 0 radical (unpaired) electrons. The molecule has 0 unspecified atom stereocenters. The molecule has 0 saturated carbocycles. The number of oxazole rings is 1. The van der Waals surface area contributed by atoms with E-state index < -0.39 is 0 Å². The zero-order valence-corrected chi connectivity index (χ0v) is 13.8. The summed E-state index contributed by atoms with van der Waals surface area (Å²) >= 11 is 3.41. The molecule has 2 rings (SSSR count). The third kappa shape index (κ3) is 2.95. The summed E-state index contributed by atoms with van der Waals surface area (Å²) in [4.78, 5) is 8.98. The van der Waals surface area contributed by atoms with Crippen LogP contribution in [0.25, 0.3) is 0 Å². The summed E-state index contributed by atoms with van der Waals surface area (Å²) in [6, 6.07) is 0. The fourth-order valence-corrected chi connectivity index (χ4v) is 4.10. The molecule has 0 atom stereocenters. The highest BCUT2D eigenvalue weighted by molar-refractivity contribution is 8.02. The van der Waals surface area contributed by atoms with Crippen molar-refractivity contribution in [3.05, 3.63) is 23.0 Å². The molecule has 0 aliphatic carbocycles. The van der Waals surface area contributed by atoms with Crippen LogP contribution < -0.4 is 5.32 Å². The van der Waals surface area contributed by atoms with E-state index in [-0.39, 0.29) is 4.75 Å². The zero-order chi connectivity index (χ0) is 14.2. The molecule has 0 spiro atoms. The standard InChI is InChI=1S/C13H19N3OS2/c1-7-9(3)17-11(15-7)13(4,5)19-10-8(2)16-12(14-6)18-10/h1-6H3,(H,14,16). The van der Waals surface area contributed by atoms with Crippen LogP contribution in [0.4, 0.5) is 5.13 Å². The number of nitrogens with zero attached hydrogens (tertiary/aromatic N) is 2. The van der Waals surface area contributed by atoms with Gasteiger partial charge in [0, 0.05) is 7.05 Å². The lowest BCUT2D eigenvalue weighted by molar-refractivity contribution is 0.433. The van der Waals surface area contributed by atoms with Gasteiger partial charge in [0.1, 0.15) is 5.76 Å². The van der Waals surface area contributed by atoms with Crippen LogP contribution in [0.15, 0.2) is 8.63 Å². The van der Waals surface area contributed by atoms with Gasteiger partial charge in [0.05, 0.1) is 20.3 Å². The lowest BCUT2D eigenvalue weighted by atomic mass is 10.2. The van der Waals surface area contributed by atoms with Crippen molar-refractivity contribution in [3.8, 4) is 0 Å².